The van der Waals surface area contributed by atoms with Crippen LogP contribution in [0.1, 0.15) is 0 Å². The number of anilines is 1. The molecule has 1 aromatic carbocycles. The molecule has 1 heterocycles. The van der Waals surface area contributed by atoms with E-state index in [2.05, 4.69) is 15.9 Å². The van der Waals surface area contributed by atoms with Gasteiger partial charge in [-0.1, -0.05) is 15.9 Å². The Morgan fingerprint density at radius 3 is 3.12 bits per heavy atom. The predicted octanol–water partition coefficient (Wildman–Crippen LogP) is 1.82. The van der Waals surface area contributed by atoms with Gasteiger partial charge in [-0.2, -0.15) is 0 Å². The topological polar surface area (TPSA) is 38.8 Å². The number of amides is 1. The molecule has 2 rings (SSSR count). The average Bonchev–Trinajstić information content (AvgIpc) is 2.28. The molecule has 0 radical (unpaired) electrons. The number of rotatable bonds is 3. The van der Waals surface area contributed by atoms with Crippen LogP contribution in [0.5, 0.6) is 5.75 Å². The highest BCUT2D eigenvalue weighted by Gasteiger charge is 2.24. The van der Waals surface area contributed by atoms with E-state index in [0.29, 0.717) is 13.2 Å². The van der Waals surface area contributed by atoms with Crippen molar-refractivity contribution in [3.8, 4) is 5.75 Å². The van der Waals surface area contributed by atoms with Crippen LogP contribution in [-0.4, -0.2) is 32.8 Å². The highest BCUT2D eigenvalue weighted by molar-refractivity contribution is 9.10. The van der Waals surface area contributed by atoms with E-state index in [9.17, 15) is 4.79 Å². The first kappa shape index (κ1) is 11.4. The minimum absolute atomic E-state index is 0.0353. The maximum Gasteiger partial charge on any atom is 0.265 e. The Kier molecular flexibility index (Phi) is 3.46. The van der Waals surface area contributed by atoms with Crippen molar-refractivity contribution < 1.29 is 14.3 Å². The molecule has 1 aliphatic heterocycles. The lowest BCUT2D eigenvalue weighted by atomic mass is 10.2. The van der Waals surface area contributed by atoms with Crippen molar-refractivity contribution in [1.29, 1.82) is 0 Å². The van der Waals surface area contributed by atoms with Crippen molar-refractivity contribution in [2.75, 3.05) is 31.8 Å². The summed E-state index contributed by atoms with van der Waals surface area (Å²) >= 11 is 3.37. The van der Waals surface area contributed by atoms with Gasteiger partial charge in [0.05, 0.1) is 12.3 Å². The number of carbonyl (C=O) groups excluding carboxylic acids is 1. The van der Waals surface area contributed by atoms with E-state index in [-0.39, 0.29) is 12.5 Å². The highest BCUT2D eigenvalue weighted by Crippen LogP contribution is 2.34. The quantitative estimate of drug-likeness (QED) is 0.850. The number of hydrogen-bond donors (Lipinski definition) is 0. The molecule has 1 aliphatic rings. The van der Waals surface area contributed by atoms with Gasteiger partial charge in [0.25, 0.3) is 5.91 Å². The highest BCUT2D eigenvalue weighted by atomic mass is 79.9. The minimum Gasteiger partial charge on any atom is -0.482 e. The van der Waals surface area contributed by atoms with Gasteiger partial charge >= 0.3 is 0 Å². The Bertz CT molecular complexity index is 408. The van der Waals surface area contributed by atoms with Crippen LogP contribution in [-0.2, 0) is 9.53 Å². The summed E-state index contributed by atoms with van der Waals surface area (Å²) in [6.45, 7) is 1.15. The fourth-order valence-electron chi connectivity index (χ4n) is 1.61. The molecule has 0 atom stereocenters. The number of fused-ring (bicyclic) bond motifs is 1. The van der Waals surface area contributed by atoms with E-state index >= 15 is 0 Å². The molecule has 16 heavy (non-hydrogen) atoms. The van der Waals surface area contributed by atoms with Crippen LogP contribution in [0.4, 0.5) is 5.69 Å². The number of nitrogens with zero attached hydrogens (tertiary/aromatic N) is 1. The Balaban J connectivity index is 2.29. The molecule has 1 aromatic rings. The normalized spacial score (nSPS) is 14.6. The SMILES string of the molecule is COCCN1C(=O)COc2cc(Br)ccc21. The largest absolute Gasteiger partial charge is 0.482 e. The molecule has 4 nitrogen and oxygen atoms in total. The molecule has 0 N–H and O–H groups in total. The summed E-state index contributed by atoms with van der Waals surface area (Å²) in [4.78, 5) is 13.4. The maximum absolute atomic E-state index is 11.7. The van der Waals surface area contributed by atoms with Crippen molar-refractivity contribution in [2.45, 2.75) is 0 Å². The van der Waals surface area contributed by atoms with Gasteiger partial charge in [-0.05, 0) is 18.2 Å². The van der Waals surface area contributed by atoms with Crippen molar-refractivity contribution in [1.82, 2.24) is 0 Å². The van der Waals surface area contributed by atoms with Crippen molar-refractivity contribution in [2.24, 2.45) is 0 Å². The Morgan fingerprint density at radius 1 is 1.56 bits per heavy atom. The molecular weight excluding hydrogens is 274 g/mol. The second kappa shape index (κ2) is 4.84. The van der Waals surface area contributed by atoms with Gasteiger partial charge in [0.1, 0.15) is 5.75 Å². The molecule has 0 saturated heterocycles. The number of methoxy groups -OCH3 is 1. The number of benzene rings is 1. The lowest BCUT2D eigenvalue weighted by Gasteiger charge is -2.29. The molecule has 1 amide bonds. The van der Waals surface area contributed by atoms with Gasteiger partial charge in [0.15, 0.2) is 6.61 Å². The fourth-order valence-corrected chi connectivity index (χ4v) is 1.95. The van der Waals surface area contributed by atoms with Gasteiger partial charge < -0.3 is 14.4 Å². The molecule has 0 aromatic heterocycles. The van der Waals surface area contributed by atoms with Gasteiger partial charge in [0, 0.05) is 18.1 Å². The van der Waals surface area contributed by atoms with Crippen LogP contribution in [0.3, 0.4) is 0 Å². The number of ether oxygens (including phenoxy) is 2. The van der Waals surface area contributed by atoms with Gasteiger partial charge in [0.2, 0.25) is 0 Å². The molecule has 5 heteroatoms. The van der Waals surface area contributed by atoms with Crippen LogP contribution >= 0.6 is 15.9 Å². The first-order chi connectivity index (χ1) is 7.72. The first-order valence-corrected chi connectivity index (χ1v) is 5.73. The first-order valence-electron chi connectivity index (χ1n) is 4.94. The standard InChI is InChI=1S/C11H12BrNO3/c1-15-5-4-13-9-3-2-8(12)6-10(9)16-7-11(13)14/h2-3,6H,4-5,7H2,1H3. The summed E-state index contributed by atoms with van der Waals surface area (Å²) in [6, 6.07) is 5.62. The molecule has 0 unspecified atom stereocenters. The number of carbonyl (C=O) groups is 1. The number of halogens is 1. The summed E-state index contributed by atoms with van der Waals surface area (Å²) in [5.41, 5.74) is 0.802. The minimum atomic E-state index is -0.0353. The number of hydrogen-bond acceptors (Lipinski definition) is 3. The van der Waals surface area contributed by atoms with E-state index in [0.717, 1.165) is 15.9 Å². The van der Waals surface area contributed by atoms with E-state index < -0.39 is 0 Å². The summed E-state index contributed by atoms with van der Waals surface area (Å²) in [7, 11) is 1.62. The van der Waals surface area contributed by atoms with Gasteiger partial charge in [-0.25, -0.2) is 0 Å². The Morgan fingerprint density at radius 2 is 2.38 bits per heavy atom. The van der Waals surface area contributed by atoms with Crippen LogP contribution < -0.4 is 9.64 Å². The Labute approximate surface area is 102 Å². The lowest BCUT2D eigenvalue weighted by molar-refractivity contribution is -0.121. The van der Waals surface area contributed by atoms with Gasteiger partial charge in [-0.3, -0.25) is 4.79 Å². The van der Waals surface area contributed by atoms with Crippen molar-refractivity contribution in [3.63, 3.8) is 0 Å². The van der Waals surface area contributed by atoms with Crippen LogP contribution in [0, 0.1) is 0 Å². The summed E-state index contributed by atoms with van der Waals surface area (Å²) in [5, 5.41) is 0. The second-order valence-electron chi connectivity index (χ2n) is 3.44. The zero-order valence-corrected chi connectivity index (χ0v) is 10.5. The van der Waals surface area contributed by atoms with Gasteiger partial charge in [-0.15, -0.1) is 0 Å². The average molecular weight is 286 g/mol. The molecule has 0 aliphatic carbocycles. The van der Waals surface area contributed by atoms with Crippen LogP contribution in [0.2, 0.25) is 0 Å². The predicted molar refractivity (Wildman–Crippen MR) is 63.9 cm³/mol. The monoisotopic (exact) mass is 285 g/mol. The summed E-state index contributed by atoms with van der Waals surface area (Å²) in [5.74, 6) is 0.692. The van der Waals surface area contributed by atoms with Crippen LogP contribution in [0.25, 0.3) is 0 Å². The van der Waals surface area contributed by atoms with E-state index in [1.54, 1.807) is 12.0 Å². The molecule has 0 saturated carbocycles. The Hall–Kier alpha value is -1.07. The molecular formula is C11H12BrNO3. The maximum atomic E-state index is 11.7. The lowest BCUT2D eigenvalue weighted by Crippen LogP contribution is -2.40. The van der Waals surface area contributed by atoms with E-state index in [4.69, 9.17) is 9.47 Å². The third kappa shape index (κ3) is 2.20. The molecule has 86 valence electrons. The van der Waals surface area contributed by atoms with Crippen molar-refractivity contribution >= 4 is 27.5 Å². The van der Waals surface area contributed by atoms with Crippen molar-refractivity contribution in [3.05, 3.63) is 22.7 Å². The third-order valence-corrected chi connectivity index (χ3v) is 2.88. The zero-order chi connectivity index (χ0) is 11.5. The zero-order valence-electron chi connectivity index (χ0n) is 8.90. The van der Waals surface area contributed by atoms with E-state index in [1.807, 2.05) is 18.2 Å². The molecule has 0 bridgehead atoms. The third-order valence-electron chi connectivity index (χ3n) is 2.38. The smallest absolute Gasteiger partial charge is 0.265 e. The summed E-state index contributed by atoms with van der Waals surface area (Å²) in [6.07, 6.45) is 0. The second-order valence-corrected chi connectivity index (χ2v) is 4.35. The molecule has 0 spiro atoms. The van der Waals surface area contributed by atoms with E-state index in [1.165, 1.54) is 0 Å². The molecule has 0 fully saturated rings. The summed E-state index contributed by atoms with van der Waals surface area (Å²) < 4.78 is 11.3. The van der Waals surface area contributed by atoms with Crippen LogP contribution in [0.15, 0.2) is 22.7 Å². The fraction of sp³-hybridized carbons (Fsp3) is 0.364.